The van der Waals surface area contributed by atoms with E-state index in [1.165, 1.54) is 0 Å². The maximum Gasteiger partial charge on any atom is 0.460 e. The average Bonchev–Trinajstić information content (AvgIpc) is 2.79. The van der Waals surface area contributed by atoms with Gasteiger partial charge in [-0.2, -0.15) is 74.6 Å². The van der Waals surface area contributed by atoms with Crippen molar-refractivity contribution in [1.29, 1.82) is 0 Å². The Morgan fingerprint density at radius 2 is 0.707 bits per heavy atom. The number of hydrogen-bond donors (Lipinski definition) is 0. The van der Waals surface area contributed by atoms with Gasteiger partial charge in [0.1, 0.15) is 5.60 Å². The number of hydrogen-bond acceptors (Lipinski definition) is 1. The van der Waals surface area contributed by atoms with Gasteiger partial charge in [-0.15, -0.1) is 0 Å². The maximum atomic E-state index is 14.3. The van der Waals surface area contributed by atoms with Crippen LogP contribution in [-0.4, -0.2) is 54.7 Å². The SMILES string of the molecule is COC(C)(CC(F)(F)C(F)(F)C(F)(F)C(F)(F)C(F)(F)C(F)(F)C(F)(F)C(F)(F)F)c1c(F)c(F)c(F)c(F)c1F. The molecule has 0 heterocycles. The van der Waals surface area contributed by atoms with E-state index >= 15 is 0 Å². The molecule has 1 rings (SSSR count). The Bertz CT molecular complexity index is 1120. The lowest BCUT2D eigenvalue weighted by molar-refractivity contribution is -0.462. The first-order valence-electron chi connectivity index (χ1n) is 9.48. The highest BCUT2D eigenvalue weighted by Crippen LogP contribution is 2.64. The first-order valence-corrected chi connectivity index (χ1v) is 9.48. The molecule has 41 heavy (non-hydrogen) atoms. The maximum absolute atomic E-state index is 14.3. The minimum absolute atomic E-state index is 0.0764. The summed E-state index contributed by atoms with van der Waals surface area (Å²) in [6, 6.07) is 0. The minimum atomic E-state index is -8.93. The molecule has 240 valence electrons. The molecule has 0 spiro atoms. The zero-order valence-corrected chi connectivity index (χ0v) is 18.9. The van der Waals surface area contributed by atoms with Crippen molar-refractivity contribution in [2.75, 3.05) is 7.11 Å². The van der Waals surface area contributed by atoms with Gasteiger partial charge in [0, 0.05) is 7.11 Å². The van der Waals surface area contributed by atoms with Crippen molar-refractivity contribution in [1.82, 2.24) is 0 Å². The van der Waals surface area contributed by atoms with Crippen molar-refractivity contribution in [3.63, 3.8) is 0 Å². The summed E-state index contributed by atoms with van der Waals surface area (Å²) in [6.07, 6.45) is -11.6. The Balaban J connectivity index is 3.84. The molecule has 0 bridgehead atoms. The smallest absolute Gasteiger partial charge is 0.373 e. The molecular weight excluding hydrogens is 650 g/mol. The van der Waals surface area contributed by atoms with Crippen LogP contribution in [0, 0.1) is 29.1 Å². The van der Waals surface area contributed by atoms with Crippen LogP contribution in [0.15, 0.2) is 0 Å². The Hall–Kier alpha value is -2.36. The molecule has 1 unspecified atom stereocenters. The molecule has 0 N–H and O–H groups in total. The van der Waals surface area contributed by atoms with Gasteiger partial charge in [0.2, 0.25) is 5.82 Å². The Kier molecular flexibility index (Phi) is 8.80. The van der Waals surface area contributed by atoms with Crippen LogP contribution in [0.1, 0.15) is 18.9 Å². The van der Waals surface area contributed by atoms with Gasteiger partial charge in [-0.25, -0.2) is 22.0 Å². The summed E-state index contributed by atoms with van der Waals surface area (Å²) in [5, 5.41) is 0. The van der Waals surface area contributed by atoms with E-state index in [-0.39, 0.29) is 14.0 Å². The fourth-order valence-corrected chi connectivity index (χ4v) is 3.06. The second-order valence-corrected chi connectivity index (χ2v) is 8.21. The summed E-state index contributed by atoms with van der Waals surface area (Å²) in [5.74, 6) is -74.7. The van der Waals surface area contributed by atoms with Crippen LogP contribution in [0.3, 0.4) is 0 Å². The number of alkyl halides is 17. The van der Waals surface area contributed by atoms with Crippen LogP contribution >= 0.6 is 0 Å². The third-order valence-electron chi connectivity index (χ3n) is 5.54. The van der Waals surface area contributed by atoms with Gasteiger partial charge in [0.05, 0.1) is 12.0 Å². The lowest BCUT2D eigenvalue weighted by Gasteiger charge is -2.44. The van der Waals surface area contributed by atoms with Crippen molar-refractivity contribution in [2.45, 2.75) is 66.6 Å². The second-order valence-electron chi connectivity index (χ2n) is 8.21. The summed E-state index contributed by atoms with van der Waals surface area (Å²) in [7, 11) is -0.0764. The number of methoxy groups -OCH3 is 1. The first-order chi connectivity index (χ1) is 17.7. The lowest BCUT2D eigenvalue weighted by Crippen LogP contribution is -2.74. The summed E-state index contributed by atoms with van der Waals surface area (Å²) in [4.78, 5) is 0. The predicted octanol–water partition coefficient (Wildman–Crippen LogP) is 8.64. The van der Waals surface area contributed by atoms with E-state index in [0.717, 1.165) is 0 Å². The first kappa shape index (κ1) is 36.7. The number of rotatable bonds is 10. The highest BCUT2D eigenvalue weighted by molar-refractivity contribution is 5.30. The van der Waals surface area contributed by atoms with E-state index in [4.69, 9.17) is 0 Å². The summed E-state index contributed by atoms with van der Waals surface area (Å²) in [5.41, 5.74) is -6.87. The van der Waals surface area contributed by atoms with Crippen LogP contribution in [0.5, 0.6) is 0 Å². The van der Waals surface area contributed by atoms with E-state index in [1.54, 1.807) is 0 Å². The Morgan fingerprint density at radius 1 is 0.439 bits per heavy atom. The lowest BCUT2D eigenvalue weighted by atomic mass is 9.82. The van der Waals surface area contributed by atoms with E-state index in [1.807, 2.05) is 0 Å². The summed E-state index contributed by atoms with van der Waals surface area (Å²) < 4.78 is 300. The number of benzene rings is 1. The molecule has 0 aliphatic heterocycles. The zero-order valence-electron chi connectivity index (χ0n) is 18.9. The number of halogens is 22. The van der Waals surface area contributed by atoms with E-state index in [2.05, 4.69) is 4.74 Å². The van der Waals surface area contributed by atoms with Crippen molar-refractivity contribution in [2.24, 2.45) is 0 Å². The molecule has 1 atom stereocenters. The fourth-order valence-electron chi connectivity index (χ4n) is 3.06. The van der Waals surface area contributed by atoms with Crippen LogP contribution in [0.25, 0.3) is 0 Å². The molecule has 0 radical (unpaired) electrons. The zero-order chi connectivity index (χ0) is 33.4. The average molecular weight is 658 g/mol. The molecule has 0 aliphatic rings. The molecule has 0 amide bonds. The van der Waals surface area contributed by atoms with Crippen LogP contribution in [0.2, 0.25) is 0 Å². The van der Waals surface area contributed by atoms with Crippen LogP contribution < -0.4 is 0 Å². The molecule has 0 saturated carbocycles. The van der Waals surface area contributed by atoms with E-state index < -0.39 is 94.3 Å². The monoisotopic (exact) mass is 658 g/mol. The van der Waals surface area contributed by atoms with Gasteiger partial charge >= 0.3 is 47.6 Å². The normalized spacial score (nSPS) is 16.7. The molecule has 1 aromatic carbocycles. The molecule has 0 aromatic heterocycles. The van der Waals surface area contributed by atoms with Crippen LogP contribution in [0.4, 0.5) is 96.6 Å². The van der Waals surface area contributed by atoms with Gasteiger partial charge in [0.15, 0.2) is 23.3 Å². The molecule has 1 nitrogen and oxygen atoms in total. The second kappa shape index (κ2) is 9.85. The van der Waals surface area contributed by atoms with Crippen molar-refractivity contribution in [3.8, 4) is 0 Å². The fraction of sp³-hybridized carbons (Fsp3) is 0.667. The van der Waals surface area contributed by atoms with Gasteiger partial charge in [-0.3, -0.25) is 0 Å². The molecular formula is C18H8F22O. The standard InChI is InChI=1S/C18H8F22O/c1-10(41-2,4-5(19)7(21)9(23)8(22)6(4)20)3-11(24,25)12(26,27)13(28,29)14(30,31)15(32,33)16(34,35)17(36,37)18(38,39)40/h3H2,1-2H3. The minimum Gasteiger partial charge on any atom is -0.373 e. The summed E-state index contributed by atoms with van der Waals surface area (Å²) in [6.45, 7) is -0.335. The van der Waals surface area contributed by atoms with Crippen molar-refractivity contribution < 1.29 is 101 Å². The third kappa shape index (κ3) is 4.82. The van der Waals surface area contributed by atoms with Gasteiger partial charge in [-0.05, 0) is 6.92 Å². The molecule has 0 aliphatic carbocycles. The van der Waals surface area contributed by atoms with Gasteiger partial charge in [-0.1, -0.05) is 0 Å². The highest BCUT2D eigenvalue weighted by atomic mass is 19.4. The largest absolute Gasteiger partial charge is 0.460 e. The Labute approximate surface area is 211 Å². The molecule has 0 fully saturated rings. The summed E-state index contributed by atoms with van der Waals surface area (Å²) >= 11 is 0. The van der Waals surface area contributed by atoms with Crippen molar-refractivity contribution in [3.05, 3.63) is 34.6 Å². The predicted molar refractivity (Wildman–Crippen MR) is 85.9 cm³/mol. The topological polar surface area (TPSA) is 9.23 Å². The Morgan fingerprint density at radius 3 is 1.00 bits per heavy atom. The van der Waals surface area contributed by atoms with Crippen LogP contribution in [-0.2, 0) is 10.3 Å². The molecule has 23 heteroatoms. The third-order valence-corrected chi connectivity index (χ3v) is 5.54. The van der Waals surface area contributed by atoms with Crippen molar-refractivity contribution >= 4 is 0 Å². The highest BCUT2D eigenvalue weighted by Gasteiger charge is 2.95. The van der Waals surface area contributed by atoms with E-state index in [0.29, 0.717) is 0 Å². The van der Waals surface area contributed by atoms with E-state index in [9.17, 15) is 96.6 Å². The molecule has 0 saturated heterocycles. The van der Waals surface area contributed by atoms with Gasteiger partial charge in [0.25, 0.3) is 0 Å². The van der Waals surface area contributed by atoms with Gasteiger partial charge < -0.3 is 4.74 Å². The molecule has 1 aromatic rings. The quantitative estimate of drug-likeness (QED) is 0.139. The number of ether oxygens (including phenoxy) is 1.